The molecule has 0 saturated carbocycles. The van der Waals surface area contributed by atoms with E-state index in [2.05, 4.69) is 10.6 Å². The van der Waals surface area contributed by atoms with Crippen LogP contribution in [0, 0.1) is 5.82 Å². The lowest BCUT2D eigenvalue weighted by atomic mass is 10.1. The van der Waals surface area contributed by atoms with Gasteiger partial charge in [0.15, 0.2) is 0 Å². The second-order valence-electron chi connectivity index (χ2n) is 5.12. The summed E-state index contributed by atoms with van der Waals surface area (Å²) in [6, 6.07) is 7.73. The normalized spacial score (nSPS) is 13.4. The summed E-state index contributed by atoms with van der Waals surface area (Å²) < 4.78 is 13.5. The first-order chi connectivity index (χ1) is 10.6. The summed E-state index contributed by atoms with van der Waals surface area (Å²) in [5.74, 6) is -0.274. The lowest BCUT2D eigenvalue weighted by Crippen LogP contribution is -2.43. The SMILES string of the molecule is C[C@@H](Cc1ccccc1F)NC(=O)NC[C@H](O)c1ccsc1. The van der Waals surface area contributed by atoms with Crippen LogP contribution in [0.3, 0.4) is 0 Å². The highest BCUT2D eigenvalue weighted by atomic mass is 32.1. The van der Waals surface area contributed by atoms with Gasteiger partial charge in [-0.2, -0.15) is 11.3 Å². The zero-order chi connectivity index (χ0) is 15.9. The Balaban J connectivity index is 1.76. The fourth-order valence-corrected chi connectivity index (χ4v) is 2.80. The molecule has 22 heavy (non-hydrogen) atoms. The Morgan fingerprint density at radius 1 is 1.36 bits per heavy atom. The van der Waals surface area contributed by atoms with Crippen LogP contribution < -0.4 is 10.6 Å². The van der Waals surface area contributed by atoms with Crippen molar-refractivity contribution in [1.29, 1.82) is 0 Å². The number of hydrogen-bond donors (Lipinski definition) is 3. The fraction of sp³-hybridized carbons (Fsp3) is 0.312. The largest absolute Gasteiger partial charge is 0.387 e. The average molecular weight is 322 g/mol. The molecule has 0 fully saturated rings. The predicted molar refractivity (Wildman–Crippen MR) is 85.4 cm³/mol. The Labute approximate surface area is 133 Å². The number of nitrogens with one attached hydrogen (secondary N) is 2. The number of benzene rings is 1. The molecular weight excluding hydrogens is 303 g/mol. The van der Waals surface area contributed by atoms with Gasteiger partial charge in [0.2, 0.25) is 0 Å². The highest BCUT2D eigenvalue weighted by Crippen LogP contribution is 2.15. The molecule has 0 spiro atoms. The van der Waals surface area contributed by atoms with E-state index in [1.807, 2.05) is 16.8 Å². The molecule has 0 bridgehead atoms. The molecular formula is C16H19FN2O2S. The van der Waals surface area contributed by atoms with Crippen molar-refractivity contribution in [1.82, 2.24) is 10.6 Å². The zero-order valence-electron chi connectivity index (χ0n) is 12.3. The van der Waals surface area contributed by atoms with Gasteiger partial charge in [0.1, 0.15) is 5.82 Å². The highest BCUT2D eigenvalue weighted by Gasteiger charge is 2.12. The molecule has 1 heterocycles. The number of thiophene rings is 1. The van der Waals surface area contributed by atoms with Gasteiger partial charge in [0.05, 0.1) is 6.10 Å². The lowest BCUT2D eigenvalue weighted by molar-refractivity contribution is 0.173. The summed E-state index contributed by atoms with van der Waals surface area (Å²) in [7, 11) is 0. The maximum atomic E-state index is 13.5. The van der Waals surface area contributed by atoms with Crippen molar-refractivity contribution < 1.29 is 14.3 Å². The number of carbonyl (C=O) groups is 1. The maximum absolute atomic E-state index is 13.5. The van der Waals surface area contributed by atoms with Crippen LogP contribution in [0.5, 0.6) is 0 Å². The molecule has 6 heteroatoms. The summed E-state index contributed by atoms with van der Waals surface area (Å²) in [4.78, 5) is 11.8. The summed E-state index contributed by atoms with van der Waals surface area (Å²) >= 11 is 1.49. The summed E-state index contributed by atoms with van der Waals surface area (Å²) in [5.41, 5.74) is 1.35. The molecule has 0 saturated heterocycles. The van der Waals surface area contributed by atoms with E-state index < -0.39 is 6.10 Å². The molecule has 2 atom stereocenters. The summed E-state index contributed by atoms with van der Waals surface area (Å²) in [6.45, 7) is 1.94. The molecule has 0 radical (unpaired) electrons. The minimum atomic E-state index is -0.723. The van der Waals surface area contributed by atoms with E-state index >= 15 is 0 Å². The second-order valence-corrected chi connectivity index (χ2v) is 5.90. The Morgan fingerprint density at radius 3 is 2.82 bits per heavy atom. The van der Waals surface area contributed by atoms with Crippen molar-refractivity contribution in [3.05, 3.63) is 58.0 Å². The van der Waals surface area contributed by atoms with Gasteiger partial charge in [0.25, 0.3) is 0 Å². The van der Waals surface area contributed by atoms with E-state index in [4.69, 9.17) is 0 Å². The molecule has 1 aromatic carbocycles. The van der Waals surface area contributed by atoms with Crippen molar-refractivity contribution in [3.63, 3.8) is 0 Å². The molecule has 1 aromatic heterocycles. The molecule has 0 aliphatic carbocycles. The first kappa shape index (κ1) is 16.5. The zero-order valence-corrected chi connectivity index (χ0v) is 13.1. The number of amides is 2. The summed E-state index contributed by atoms with van der Waals surface area (Å²) in [5, 5.41) is 18.9. The monoisotopic (exact) mass is 322 g/mol. The van der Waals surface area contributed by atoms with Crippen molar-refractivity contribution in [2.24, 2.45) is 0 Å². The van der Waals surface area contributed by atoms with Crippen molar-refractivity contribution >= 4 is 17.4 Å². The first-order valence-corrected chi connectivity index (χ1v) is 7.98. The van der Waals surface area contributed by atoms with Gasteiger partial charge in [-0.1, -0.05) is 18.2 Å². The van der Waals surface area contributed by atoms with Crippen molar-refractivity contribution in [2.45, 2.75) is 25.5 Å². The molecule has 0 aliphatic heterocycles. The number of aliphatic hydroxyl groups is 1. The predicted octanol–water partition coefficient (Wildman–Crippen LogP) is 2.85. The molecule has 2 rings (SSSR count). The topological polar surface area (TPSA) is 61.4 Å². The standard InChI is InChI=1S/C16H19FN2O2S/c1-11(8-12-4-2-3-5-14(12)17)19-16(21)18-9-15(20)13-6-7-22-10-13/h2-7,10-11,15,20H,8-9H2,1H3,(H2,18,19,21)/t11-,15-/m0/s1. The van der Waals surface area contributed by atoms with Gasteiger partial charge in [-0.3, -0.25) is 0 Å². The van der Waals surface area contributed by atoms with Crippen LogP contribution in [0.1, 0.15) is 24.2 Å². The maximum Gasteiger partial charge on any atom is 0.315 e. The molecule has 0 aliphatic rings. The van der Waals surface area contributed by atoms with Gasteiger partial charge in [-0.15, -0.1) is 0 Å². The summed E-state index contributed by atoms with van der Waals surface area (Å²) in [6.07, 6.45) is -0.313. The number of carbonyl (C=O) groups excluding carboxylic acids is 1. The molecule has 118 valence electrons. The number of hydrogen-bond acceptors (Lipinski definition) is 3. The fourth-order valence-electron chi connectivity index (χ4n) is 2.09. The molecule has 2 amide bonds. The van der Waals surface area contributed by atoms with E-state index in [-0.39, 0.29) is 24.4 Å². The molecule has 2 aromatic rings. The Kier molecular flexibility index (Phi) is 5.91. The highest BCUT2D eigenvalue weighted by molar-refractivity contribution is 7.07. The van der Waals surface area contributed by atoms with Gasteiger partial charge < -0.3 is 15.7 Å². The Bertz CT molecular complexity index is 604. The quantitative estimate of drug-likeness (QED) is 0.766. The molecule has 0 unspecified atom stereocenters. The van der Waals surface area contributed by atoms with Gasteiger partial charge in [-0.25, -0.2) is 9.18 Å². The second kappa shape index (κ2) is 7.91. The third-order valence-corrected chi connectivity index (χ3v) is 3.95. The Hall–Kier alpha value is -1.92. The van der Waals surface area contributed by atoms with Crippen LogP contribution >= 0.6 is 11.3 Å². The van der Waals surface area contributed by atoms with Crippen LogP contribution in [0.2, 0.25) is 0 Å². The Morgan fingerprint density at radius 2 is 2.14 bits per heavy atom. The van der Waals surface area contributed by atoms with Crippen molar-refractivity contribution in [3.8, 4) is 0 Å². The van der Waals surface area contributed by atoms with Crippen LogP contribution in [0.25, 0.3) is 0 Å². The van der Waals surface area contributed by atoms with E-state index in [0.29, 0.717) is 12.0 Å². The third kappa shape index (κ3) is 4.82. The average Bonchev–Trinajstić information content (AvgIpc) is 3.01. The molecule has 4 nitrogen and oxygen atoms in total. The minimum Gasteiger partial charge on any atom is -0.387 e. The van der Waals surface area contributed by atoms with Gasteiger partial charge in [-0.05, 0) is 47.4 Å². The number of rotatable bonds is 6. The lowest BCUT2D eigenvalue weighted by Gasteiger charge is -2.16. The van der Waals surface area contributed by atoms with Gasteiger partial charge in [0, 0.05) is 12.6 Å². The molecule has 3 N–H and O–H groups in total. The van der Waals surface area contributed by atoms with E-state index in [1.54, 1.807) is 25.1 Å². The van der Waals surface area contributed by atoms with Gasteiger partial charge >= 0.3 is 6.03 Å². The third-order valence-electron chi connectivity index (χ3n) is 3.25. The number of halogens is 1. The van der Waals surface area contributed by atoms with E-state index in [9.17, 15) is 14.3 Å². The van der Waals surface area contributed by atoms with Crippen LogP contribution in [0.4, 0.5) is 9.18 Å². The number of aliphatic hydroxyl groups excluding tert-OH is 1. The van der Waals surface area contributed by atoms with E-state index in [0.717, 1.165) is 5.56 Å². The van der Waals surface area contributed by atoms with Crippen LogP contribution in [-0.2, 0) is 6.42 Å². The number of urea groups is 1. The van der Waals surface area contributed by atoms with Crippen LogP contribution in [0.15, 0.2) is 41.1 Å². The van der Waals surface area contributed by atoms with Crippen LogP contribution in [-0.4, -0.2) is 23.7 Å². The smallest absolute Gasteiger partial charge is 0.315 e. The van der Waals surface area contributed by atoms with Crippen molar-refractivity contribution in [2.75, 3.05) is 6.54 Å². The van der Waals surface area contributed by atoms with E-state index in [1.165, 1.54) is 17.4 Å². The minimum absolute atomic E-state index is 0.134. The first-order valence-electron chi connectivity index (χ1n) is 7.04.